The third-order valence-corrected chi connectivity index (χ3v) is 4.18. The molecule has 1 atom stereocenters. The van der Waals surface area contributed by atoms with Crippen LogP contribution in [-0.2, 0) is 0 Å². The summed E-state index contributed by atoms with van der Waals surface area (Å²) in [6, 6.07) is 10.7. The summed E-state index contributed by atoms with van der Waals surface area (Å²) in [6.45, 7) is 2.63. The Morgan fingerprint density at radius 2 is 2.06 bits per heavy atom. The number of thiophene rings is 1. The molecule has 5 heteroatoms. The molecule has 0 radical (unpaired) electrons. The van der Waals surface area contributed by atoms with Gasteiger partial charge in [-0.1, -0.05) is 19.1 Å². The van der Waals surface area contributed by atoms with Gasteiger partial charge in [-0.05, 0) is 24.7 Å². The number of nitro benzene ring substituents is 1. The Morgan fingerprint density at radius 1 is 1.33 bits per heavy atom. The van der Waals surface area contributed by atoms with E-state index in [1.807, 2.05) is 18.2 Å². The molecule has 0 spiro atoms. The van der Waals surface area contributed by atoms with Crippen LogP contribution in [0.4, 0.5) is 5.69 Å². The molecule has 0 aliphatic rings. The molecule has 2 aromatic rings. The third kappa shape index (κ3) is 2.42. The molecule has 2 N–H and O–H groups in total. The first kappa shape index (κ1) is 12.7. The van der Waals surface area contributed by atoms with E-state index in [9.17, 15) is 10.1 Å². The molecule has 0 aliphatic heterocycles. The van der Waals surface area contributed by atoms with Crippen molar-refractivity contribution in [3.63, 3.8) is 0 Å². The van der Waals surface area contributed by atoms with Crippen LogP contribution in [0.15, 0.2) is 36.4 Å². The lowest BCUT2D eigenvalue weighted by Crippen LogP contribution is -2.06. The van der Waals surface area contributed by atoms with Gasteiger partial charge in [0, 0.05) is 21.7 Å². The van der Waals surface area contributed by atoms with Crippen LogP contribution >= 0.6 is 11.3 Å². The maximum absolute atomic E-state index is 11.0. The van der Waals surface area contributed by atoms with Crippen LogP contribution < -0.4 is 5.73 Å². The lowest BCUT2D eigenvalue weighted by atomic mass is 10.1. The van der Waals surface area contributed by atoms with Gasteiger partial charge in [0.1, 0.15) is 0 Å². The van der Waals surface area contributed by atoms with Crippen molar-refractivity contribution in [3.8, 4) is 10.4 Å². The molecule has 0 bridgehead atoms. The molecule has 94 valence electrons. The lowest BCUT2D eigenvalue weighted by Gasteiger charge is -2.03. The Morgan fingerprint density at radius 3 is 2.72 bits per heavy atom. The number of hydrogen-bond donors (Lipinski definition) is 1. The minimum atomic E-state index is -0.346. The summed E-state index contributed by atoms with van der Waals surface area (Å²) < 4.78 is 0. The van der Waals surface area contributed by atoms with E-state index >= 15 is 0 Å². The highest BCUT2D eigenvalue weighted by molar-refractivity contribution is 7.15. The van der Waals surface area contributed by atoms with E-state index in [-0.39, 0.29) is 16.5 Å². The maximum Gasteiger partial charge on any atom is 0.278 e. The van der Waals surface area contributed by atoms with E-state index < -0.39 is 0 Å². The van der Waals surface area contributed by atoms with Gasteiger partial charge in [0.2, 0.25) is 0 Å². The number of hydrogen-bond acceptors (Lipinski definition) is 4. The first-order chi connectivity index (χ1) is 8.63. The summed E-state index contributed by atoms with van der Waals surface area (Å²) in [7, 11) is 0. The first-order valence-corrected chi connectivity index (χ1v) is 6.48. The zero-order valence-electron chi connectivity index (χ0n) is 10.00. The molecule has 1 aromatic carbocycles. The molecule has 4 nitrogen and oxygen atoms in total. The zero-order chi connectivity index (χ0) is 13.1. The number of benzene rings is 1. The van der Waals surface area contributed by atoms with Gasteiger partial charge in [-0.2, -0.15) is 0 Å². The highest BCUT2D eigenvalue weighted by Gasteiger charge is 2.16. The van der Waals surface area contributed by atoms with Crippen LogP contribution in [0, 0.1) is 10.1 Å². The molecule has 0 fully saturated rings. The second-order valence-electron chi connectivity index (χ2n) is 4.11. The van der Waals surface area contributed by atoms with Crippen molar-refractivity contribution in [2.24, 2.45) is 5.73 Å². The number of rotatable bonds is 4. The molecule has 18 heavy (non-hydrogen) atoms. The minimum Gasteiger partial charge on any atom is -0.330 e. The van der Waals surface area contributed by atoms with Gasteiger partial charge in [-0.25, -0.2) is 0 Å². The largest absolute Gasteiger partial charge is 0.330 e. The fourth-order valence-corrected chi connectivity index (χ4v) is 2.83. The average molecular weight is 262 g/mol. The SMILES string of the molecule is CC(CN)c1ccc(-c2ccccc2[N+](=O)[O-])s1. The third-order valence-electron chi connectivity index (χ3n) is 2.83. The summed E-state index contributed by atoms with van der Waals surface area (Å²) in [5.41, 5.74) is 6.44. The molecule has 0 saturated heterocycles. The standard InChI is InChI=1S/C13H14N2O2S/c1-9(8-14)12-6-7-13(18-12)10-4-2-3-5-11(10)15(16)17/h2-7,9H,8,14H2,1H3. The number of nitrogens with two attached hydrogens (primary N) is 1. The summed E-state index contributed by atoms with van der Waals surface area (Å²) in [5.74, 6) is 0.284. The predicted octanol–water partition coefficient (Wildman–Crippen LogP) is 3.39. The smallest absolute Gasteiger partial charge is 0.278 e. The van der Waals surface area contributed by atoms with Gasteiger partial charge in [0.25, 0.3) is 5.69 Å². The second kappa shape index (κ2) is 5.29. The predicted molar refractivity (Wildman–Crippen MR) is 73.9 cm³/mol. The Balaban J connectivity index is 2.43. The van der Waals surface area contributed by atoms with E-state index in [1.54, 1.807) is 23.5 Å². The zero-order valence-corrected chi connectivity index (χ0v) is 10.8. The quantitative estimate of drug-likeness (QED) is 0.678. The van der Waals surface area contributed by atoms with Gasteiger partial charge >= 0.3 is 0 Å². The van der Waals surface area contributed by atoms with E-state index in [2.05, 4.69) is 6.92 Å². The van der Waals surface area contributed by atoms with Gasteiger partial charge in [-0.3, -0.25) is 10.1 Å². The number of nitrogens with zero attached hydrogens (tertiary/aromatic N) is 1. The van der Waals surface area contributed by atoms with Gasteiger partial charge < -0.3 is 5.73 Å². The first-order valence-electron chi connectivity index (χ1n) is 5.67. The summed E-state index contributed by atoms with van der Waals surface area (Å²) in [4.78, 5) is 12.7. The molecule has 1 aromatic heterocycles. The fourth-order valence-electron chi connectivity index (χ4n) is 1.72. The number of para-hydroxylation sites is 1. The lowest BCUT2D eigenvalue weighted by molar-refractivity contribution is -0.384. The fraction of sp³-hybridized carbons (Fsp3) is 0.231. The van der Waals surface area contributed by atoms with Gasteiger partial charge in [0.15, 0.2) is 0 Å². The summed E-state index contributed by atoms with van der Waals surface area (Å²) >= 11 is 1.57. The second-order valence-corrected chi connectivity index (χ2v) is 5.23. The molecule has 0 saturated carbocycles. The molecule has 0 amide bonds. The van der Waals surface area contributed by atoms with E-state index in [0.29, 0.717) is 12.1 Å². The molecular weight excluding hydrogens is 248 g/mol. The topological polar surface area (TPSA) is 69.2 Å². The van der Waals surface area contributed by atoms with Crippen molar-refractivity contribution < 1.29 is 4.92 Å². The van der Waals surface area contributed by atoms with Crippen molar-refractivity contribution in [1.82, 2.24) is 0 Å². The van der Waals surface area contributed by atoms with Gasteiger partial charge in [-0.15, -0.1) is 11.3 Å². The molecule has 1 heterocycles. The Hall–Kier alpha value is -1.72. The van der Waals surface area contributed by atoms with Crippen LogP contribution in [0.2, 0.25) is 0 Å². The molecule has 0 aliphatic carbocycles. The van der Waals surface area contributed by atoms with Crippen molar-refractivity contribution >= 4 is 17.0 Å². The average Bonchev–Trinajstić information content (AvgIpc) is 2.87. The van der Waals surface area contributed by atoms with Crippen molar-refractivity contribution in [2.45, 2.75) is 12.8 Å². The Kier molecular flexibility index (Phi) is 3.74. The summed E-state index contributed by atoms with van der Waals surface area (Å²) in [6.07, 6.45) is 0. The highest BCUT2D eigenvalue weighted by atomic mass is 32.1. The molecule has 1 unspecified atom stereocenters. The van der Waals surface area contributed by atoms with E-state index in [1.165, 1.54) is 6.07 Å². The Bertz CT molecular complexity index is 566. The minimum absolute atomic E-state index is 0.145. The summed E-state index contributed by atoms with van der Waals surface area (Å²) in [5, 5.41) is 11.0. The monoisotopic (exact) mass is 262 g/mol. The van der Waals surface area contributed by atoms with Crippen molar-refractivity contribution in [1.29, 1.82) is 0 Å². The number of nitro groups is 1. The molecular formula is C13H14N2O2S. The Labute approximate surface area is 109 Å². The van der Waals surface area contributed by atoms with Crippen LogP contribution in [0.3, 0.4) is 0 Å². The van der Waals surface area contributed by atoms with Crippen molar-refractivity contribution in [2.75, 3.05) is 6.54 Å². The normalized spacial score (nSPS) is 12.3. The van der Waals surface area contributed by atoms with Gasteiger partial charge in [0.05, 0.1) is 10.5 Å². The van der Waals surface area contributed by atoms with Crippen LogP contribution in [0.5, 0.6) is 0 Å². The maximum atomic E-state index is 11.0. The van der Waals surface area contributed by atoms with E-state index in [0.717, 1.165) is 9.75 Å². The van der Waals surface area contributed by atoms with Crippen molar-refractivity contribution in [3.05, 3.63) is 51.4 Å². The van der Waals surface area contributed by atoms with Crippen LogP contribution in [0.25, 0.3) is 10.4 Å². The highest BCUT2D eigenvalue weighted by Crippen LogP contribution is 2.36. The van der Waals surface area contributed by atoms with E-state index in [4.69, 9.17) is 5.73 Å². The van der Waals surface area contributed by atoms with Crippen LogP contribution in [0.1, 0.15) is 17.7 Å². The molecule has 2 rings (SSSR count). The van der Waals surface area contributed by atoms with Crippen LogP contribution in [-0.4, -0.2) is 11.5 Å².